The van der Waals surface area contributed by atoms with Gasteiger partial charge in [0.15, 0.2) is 11.5 Å². The molecule has 0 amide bonds. The number of phenols is 1. The molecule has 0 unspecified atom stereocenters. The van der Waals surface area contributed by atoms with Gasteiger partial charge in [-0.3, -0.25) is 0 Å². The van der Waals surface area contributed by atoms with Crippen molar-refractivity contribution in [2.45, 2.75) is 32.1 Å². The smallest absolute Gasteiger partial charge is 0.231 e. The third-order valence-corrected chi connectivity index (χ3v) is 6.01. The SMILES string of the molecule is Oc1ccccc1-c1cc(-c2cccc3c2OCO3)cc(NCC2CCCCC2)n1. The number of hydrogen-bond donors (Lipinski definition) is 2. The minimum absolute atomic E-state index is 0.221. The summed E-state index contributed by atoms with van der Waals surface area (Å²) >= 11 is 0. The van der Waals surface area contributed by atoms with Crippen LogP contribution >= 0.6 is 0 Å². The summed E-state index contributed by atoms with van der Waals surface area (Å²) in [5.74, 6) is 3.23. The average Bonchev–Trinajstić information content (AvgIpc) is 3.27. The Morgan fingerprint density at radius 2 is 1.77 bits per heavy atom. The van der Waals surface area contributed by atoms with Crippen LogP contribution in [-0.4, -0.2) is 23.4 Å². The van der Waals surface area contributed by atoms with E-state index in [-0.39, 0.29) is 12.5 Å². The van der Waals surface area contributed by atoms with Crippen molar-refractivity contribution in [2.75, 3.05) is 18.7 Å². The first-order chi connectivity index (χ1) is 14.8. The molecule has 30 heavy (non-hydrogen) atoms. The molecular formula is C25H26N2O3. The van der Waals surface area contributed by atoms with Crippen LogP contribution in [0.5, 0.6) is 17.2 Å². The van der Waals surface area contributed by atoms with Crippen LogP contribution in [-0.2, 0) is 0 Å². The van der Waals surface area contributed by atoms with E-state index in [1.54, 1.807) is 6.07 Å². The van der Waals surface area contributed by atoms with Gasteiger partial charge < -0.3 is 19.9 Å². The first kappa shape index (κ1) is 18.8. The lowest BCUT2D eigenvalue weighted by Crippen LogP contribution is -2.17. The van der Waals surface area contributed by atoms with Crippen LogP contribution in [0.3, 0.4) is 0 Å². The van der Waals surface area contributed by atoms with Crippen molar-refractivity contribution in [2.24, 2.45) is 5.92 Å². The minimum atomic E-state index is 0.221. The number of pyridine rings is 1. The Balaban J connectivity index is 1.54. The van der Waals surface area contributed by atoms with Gasteiger partial charge in [0.05, 0.1) is 5.69 Å². The summed E-state index contributed by atoms with van der Waals surface area (Å²) in [6.07, 6.45) is 6.53. The average molecular weight is 402 g/mol. The van der Waals surface area contributed by atoms with Crippen molar-refractivity contribution in [3.8, 4) is 39.6 Å². The predicted octanol–water partition coefficient (Wildman–Crippen LogP) is 5.84. The number of ether oxygens (including phenoxy) is 2. The number of benzene rings is 2. The number of nitrogens with one attached hydrogen (secondary N) is 1. The van der Waals surface area contributed by atoms with Crippen molar-refractivity contribution >= 4 is 5.82 Å². The van der Waals surface area contributed by atoms with Crippen LogP contribution in [0, 0.1) is 5.92 Å². The number of anilines is 1. The largest absolute Gasteiger partial charge is 0.507 e. The summed E-state index contributed by atoms with van der Waals surface area (Å²) < 4.78 is 11.3. The maximum Gasteiger partial charge on any atom is 0.231 e. The van der Waals surface area contributed by atoms with Gasteiger partial charge in [0.1, 0.15) is 11.6 Å². The normalized spacial score (nSPS) is 15.9. The Morgan fingerprint density at radius 1 is 0.933 bits per heavy atom. The van der Waals surface area contributed by atoms with E-state index in [2.05, 4.69) is 11.4 Å². The van der Waals surface area contributed by atoms with E-state index < -0.39 is 0 Å². The molecule has 2 aliphatic rings. The maximum atomic E-state index is 10.4. The molecule has 5 rings (SSSR count). The van der Waals surface area contributed by atoms with Crippen molar-refractivity contribution in [1.82, 2.24) is 4.98 Å². The van der Waals surface area contributed by atoms with E-state index >= 15 is 0 Å². The fourth-order valence-electron chi connectivity index (χ4n) is 4.40. The first-order valence-electron chi connectivity index (χ1n) is 10.7. The Hall–Kier alpha value is -3.21. The summed E-state index contributed by atoms with van der Waals surface area (Å²) in [6, 6.07) is 17.3. The van der Waals surface area contributed by atoms with Crippen LogP contribution < -0.4 is 14.8 Å². The summed E-state index contributed by atoms with van der Waals surface area (Å²) in [7, 11) is 0. The zero-order valence-electron chi connectivity index (χ0n) is 16.9. The maximum absolute atomic E-state index is 10.4. The zero-order valence-corrected chi connectivity index (χ0v) is 16.9. The molecule has 1 saturated carbocycles. The second-order valence-electron chi connectivity index (χ2n) is 8.07. The highest BCUT2D eigenvalue weighted by molar-refractivity contribution is 5.80. The Morgan fingerprint density at radius 3 is 2.63 bits per heavy atom. The molecule has 3 aromatic rings. The van der Waals surface area contributed by atoms with E-state index in [0.717, 1.165) is 40.7 Å². The van der Waals surface area contributed by atoms with Gasteiger partial charge in [-0.1, -0.05) is 43.5 Å². The lowest BCUT2D eigenvalue weighted by atomic mass is 9.89. The zero-order chi connectivity index (χ0) is 20.3. The standard InChI is InChI=1S/C25H26N2O3/c28-22-11-5-4-9-20(22)21-13-18(19-10-6-12-23-25(19)30-16-29-23)14-24(27-21)26-15-17-7-2-1-3-8-17/h4-6,9-14,17,28H,1-3,7-8,15-16H2,(H,26,27). The molecule has 0 saturated heterocycles. The van der Waals surface area contributed by atoms with Gasteiger partial charge in [-0.05, 0) is 54.7 Å². The number of fused-ring (bicyclic) bond motifs is 1. The molecule has 0 spiro atoms. The number of aromatic nitrogens is 1. The summed E-state index contributed by atoms with van der Waals surface area (Å²) in [4.78, 5) is 4.82. The van der Waals surface area contributed by atoms with Gasteiger partial charge in [-0.25, -0.2) is 4.98 Å². The van der Waals surface area contributed by atoms with Gasteiger partial charge >= 0.3 is 0 Å². The second-order valence-corrected chi connectivity index (χ2v) is 8.07. The molecule has 0 bridgehead atoms. The number of rotatable bonds is 5. The monoisotopic (exact) mass is 402 g/mol. The second kappa shape index (κ2) is 8.27. The van der Waals surface area contributed by atoms with Crippen LogP contribution in [0.2, 0.25) is 0 Å². The highest BCUT2D eigenvalue weighted by Crippen LogP contribution is 2.43. The highest BCUT2D eigenvalue weighted by Gasteiger charge is 2.20. The molecule has 2 aromatic carbocycles. The molecule has 1 aliphatic carbocycles. The van der Waals surface area contributed by atoms with Crippen molar-refractivity contribution in [3.05, 3.63) is 54.6 Å². The third kappa shape index (κ3) is 3.80. The topological polar surface area (TPSA) is 63.6 Å². The summed E-state index contributed by atoms with van der Waals surface area (Å²) in [5, 5.41) is 14.0. The van der Waals surface area contributed by atoms with E-state index in [9.17, 15) is 5.11 Å². The molecule has 5 nitrogen and oxygen atoms in total. The molecule has 5 heteroatoms. The van der Waals surface area contributed by atoms with Gasteiger partial charge in [-0.2, -0.15) is 0 Å². The Labute approximate surface area is 176 Å². The highest BCUT2D eigenvalue weighted by atomic mass is 16.7. The Kier molecular flexibility index (Phi) is 5.18. The molecule has 2 N–H and O–H groups in total. The van der Waals surface area contributed by atoms with Crippen molar-refractivity contribution in [1.29, 1.82) is 0 Å². The number of aromatic hydroxyl groups is 1. The Bertz CT molecular complexity index is 1040. The van der Waals surface area contributed by atoms with E-state index in [1.807, 2.05) is 42.5 Å². The van der Waals surface area contributed by atoms with Gasteiger partial charge in [0.25, 0.3) is 0 Å². The third-order valence-electron chi connectivity index (χ3n) is 6.01. The van der Waals surface area contributed by atoms with Crippen LogP contribution in [0.25, 0.3) is 22.4 Å². The molecule has 2 heterocycles. The van der Waals surface area contributed by atoms with Gasteiger partial charge in [-0.15, -0.1) is 0 Å². The van der Waals surface area contributed by atoms with Crippen molar-refractivity contribution in [3.63, 3.8) is 0 Å². The lowest BCUT2D eigenvalue weighted by molar-refractivity contribution is 0.174. The molecule has 1 aromatic heterocycles. The van der Waals surface area contributed by atoms with E-state index in [0.29, 0.717) is 11.5 Å². The lowest BCUT2D eigenvalue weighted by Gasteiger charge is -2.22. The first-order valence-corrected chi connectivity index (χ1v) is 10.7. The molecular weight excluding hydrogens is 376 g/mol. The van der Waals surface area contributed by atoms with Crippen LogP contribution in [0.15, 0.2) is 54.6 Å². The molecule has 0 radical (unpaired) electrons. The van der Waals surface area contributed by atoms with E-state index in [1.165, 1.54) is 32.1 Å². The van der Waals surface area contributed by atoms with Crippen LogP contribution in [0.4, 0.5) is 5.82 Å². The minimum Gasteiger partial charge on any atom is -0.507 e. The quantitative estimate of drug-likeness (QED) is 0.561. The number of nitrogens with zero attached hydrogens (tertiary/aromatic N) is 1. The molecule has 154 valence electrons. The fourth-order valence-corrected chi connectivity index (χ4v) is 4.40. The predicted molar refractivity (Wildman–Crippen MR) is 118 cm³/mol. The summed E-state index contributed by atoms with van der Waals surface area (Å²) in [6.45, 7) is 1.15. The van der Waals surface area contributed by atoms with Gasteiger partial charge in [0.2, 0.25) is 6.79 Å². The molecule has 1 aliphatic heterocycles. The van der Waals surface area contributed by atoms with Crippen LogP contribution in [0.1, 0.15) is 32.1 Å². The number of hydrogen-bond acceptors (Lipinski definition) is 5. The molecule has 0 atom stereocenters. The van der Waals surface area contributed by atoms with Gasteiger partial charge in [0, 0.05) is 17.7 Å². The summed E-state index contributed by atoms with van der Waals surface area (Å²) in [5.41, 5.74) is 3.39. The molecule has 1 fully saturated rings. The fraction of sp³-hybridized carbons (Fsp3) is 0.320. The number of phenolic OH excluding ortho intramolecular Hbond substituents is 1. The van der Waals surface area contributed by atoms with E-state index in [4.69, 9.17) is 14.5 Å². The van der Waals surface area contributed by atoms with Crippen molar-refractivity contribution < 1.29 is 14.6 Å². The number of para-hydroxylation sites is 2.